The number of benzene rings is 2. The topological polar surface area (TPSA) is 38.0 Å². The van der Waals surface area contributed by atoms with Crippen molar-refractivity contribution in [2.24, 2.45) is 5.84 Å². The number of rotatable bonds is 4. The molecule has 1 unspecified atom stereocenters. The minimum atomic E-state index is -0.216. The maximum atomic E-state index is 13.3. The van der Waals surface area contributed by atoms with E-state index in [9.17, 15) is 4.39 Å². The van der Waals surface area contributed by atoms with E-state index < -0.39 is 0 Å². The Hall–Kier alpha value is -0.940. The fourth-order valence-corrected chi connectivity index (χ4v) is 2.82. The Kier molecular flexibility index (Phi) is 5.16. The van der Waals surface area contributed by atoms with E-state index in [0.717, 1.165) is 15.6 Å². The molecule has 0 aliphatic rings. The van der Waals surface area contributed by atoms with Crippen LogP contribution in [-0.2, 0) is 6.42 Å². The van der Waals surface area contributed by atoms with Crippen LogP contribution in [0.15, 0.2) is 40.9 Å². The molecule has 0 bridgehead atoms. The lowest BCUT2D eigenvalue weighted by atomic mass is 9.98. The van der Waals surface area contributed by atoms with Gasteiger partial charge < -0.3 is 0 Å². The molecule has 0 aromatic heterocycles. The first kappa shape index (κ1) is 15.4. The van der Waals surface area contributed by atoms with Gasteiger partial charge in [0.05, 0.1) is 6.04 Å². The second-order valence-electron chi connectivity index (χ2n) is 4.67. The Morgan fingerprint density at radius 1 is 1.30 bits per heavy atom. The van der Waals surface area contributed by atoms with Crippen LogP contribution in [0.25, 0.3) is 0 Å². The van der Waals surface area contributed by atoms with Gasteiger partial charge in [-0.2, -0.15) is 0 Å². The van der Waals surface area contributed by atoms with Gasteiger partial charge in [-0.3, -0.25) is 11.3 Å². The summed E-state index contributed by atoms with van der Waals surface area (Å²) in [6, 6.07) is 10.6. The Morgan fingerprint density at radius 3 is 2.65 bits per heavy atom. The second kappa shape index (κ2) is 6.68. The predicted octanol–water partition coefficient (Wildman–Crippen LogP) is 4.30. The predicted molar refractivity (Wildman–Crippen MR) is 84.1 cm³/mol. The summed E-state index contributed by atoms with van der Waals surface area (Å²) in [5.74, 6) is 5.41. The van der Waals surface area contributed by atoms with Gasteiger partial charge in [0.2, 0.25) is 0 Å². The lowest BCUT2D eigenvalue weighted by molar-refractivity contribution is 0.548. The summed E-state index contributed by atoms with van der Waals surface area (Å²) in [5, 5.41) is 0.679. The third-order valence-electron chi connectivity index (χ3n) is 3.22. The van der Waals surface area contributed by atoms with Crippen molar-refractivity contribution in [1.29, 1.82) is 0 Å². The van der Waals surface area contributed by atoms with Gasteiger partial charge in [0.15, 0.2) is 0 Å². The minimum Gasteiger partial charge on any atom is -0.271 e. The van der Waals surface area contributed by atoms with Crippen molar-refractivity contribution >= 4 is 27.5 Å². The Bertz CT molecular complexity index is 619. The van der Waals surface area contributed by atoms with Gasteiger partial charge >= 0.3 is 0 Å². The first-order chi connectivity index (χ1) is 9.51. The first-order valence-electron chi connectivity index (χ1n) is 6.17. The van der Waals surface area contributed by atoms with Crippen molar-refractivity contribution in [2.75, 3.05) is 0 Å². The molecule has 0 saturated heterocycles. The monoisotopic (exact) mass is 356 g/mol. The Balaban J connectivity index is 2.26. The van der Waals surface area contributed by atoms with Crippen molar-refractivity contribution < 1.29 is 4.39 Å². The van der Waals surface area contributed by atoms with Gasteiger partial charge in [-0.1, -0.05) is 45.7 Å². The number of aryl methyl sites for hydroxylation is 1. The third-order valence-corrected chi connectivity index (χ3v) is 4.07. The molecule has 106 valence electrons. The molecule has 0 heterocycles. The quantitative estimate of drug-likeness (QED) is 0.632. The van der Waals surface area contributed by atoms with Crippen molar-refractivity contribution in [3.8, 4) is 0 Å². The average molecular weight is 358 g/mol. The van der Waals surface area contributed by atoms with Gasteiger partial charge in [-0.05, 0) is 48.2 Å². The van der Waals surface area contributed by atoms with Crippen LogP contribution in [0.4, 0.5) is 4.39 Å². The summed E-state index contributed by atoms with van der Waals surface area (Å²) in [6.45, 7) is 1.74. The molecule has 0 aliphatic carbocycles. The lowest BCUT2D eigenvalue weighted by Gasteiger charge is -2.18. The van der Waals surface area contributed by atoms with Crippen molar-refractivity contribution in [2.45, 2.75) is 19.4 Å². The number of hydrogen-bond donors (Lipinski definition) is 2. The minimum absolute atomic E-state index is 0.118. The fraction of sp³-hybridized carbons (Fsp3) is 0.200. The molecule has 0 radical (unpaired) electrons. The van der Waals surface area contributed by atoms with Gasteiger partial charge in [-0.25, -0.2) is 4.39 Å². The van der Waals surface area contributed by atoms with Crippen LogP contribution in [0, 0.1) is 12.7 Å². The highest BCUT2D eigenvalue weighted by atomic mass is 79.9. The van der Waals surface area contributed by atoms with Gasteiger partial charge in [0.1, 0.15) is 5.82 Å². The molecular formula is C15H15BrClFN2. The van der Waals surface area contributed by atoms with E-state index >= 15 is 0 Å². The summed E-state index contributed by atoms with van der Waals surface area (Å²) in [4.78, 5) is 0. The molecule has 20 heavy (non-hydrogen) atoms. The highest BCUT2D eigenvalue weighted by Gasteiger charge is 2.14. The molecule has 5 heteroatoms. The zero-order chi connectivity index (χ0) is 14.7. The number of nitrogens with two attached hydrogens (primary N) is 1. The van der Waals surface area contributed by atoms with E-state index in [-0.39, 0.29) is 11.9 Å². The molecule has 2 nitrogen and oxygen atoms in total. The number of nitrogens with one attached hydrogen (secondary N) is 1. The molecule has 3 N–H and O–H groups in total. The first-order valence-corrected chi connectivity index (χ1v) is 7.34. The normalized spacial score (nSPS) is 12.4. The molecule has 0 spiro atoms. The zero-order valence-electron chi connectivity index (χ0n) is 11.0. The standard InChI is InChI=1S/C15H15BrClFN2/c1-9-6-11(3-5-14(9)18)15(20-19)7-10-2-4-12(16)8-13(10)17/h2-6,8,15,20H,7,19H2,1H3. The molecular weight excluding hydrogens is 343 g/mol. The second-order valence-corrected chi connectivity index (χ2v) is 5.99. The van der Waals surface area contributed by atoms with Crippen LogP contribution >= 0.6 is 27.5 Å². The third kappa shape index (κ3) is 3.58. The molecule has 2 aromatic carbocycles. The number of halogens is 3. The van der Waals surface area contributed by atoms with Crippen LogP contribution in [-0.4, -0.2) is 0 Å². The maximum Gasteiger partial charge on any atom is 0.126 e. The van der Waals surface area contributed by atoms with Crippen LogP contribution < -0.4 is 11.3 Å². The van der Waals surface area contributed by atoms with Crippen molar-refractivity contribution in [3.63, 3.8) is 0 Å². The summed E-state index contributed by atoms with van der Waals surface area (Å²) in [6.07, 6.45) is 0.633. The number of hydrogen-bond acceptors (Lipinski definition) is 2. The summed E-state index contributed by atoms with van der Waals surface area (Å²) < 4.78 is 14.3. The lowest BCUT2D eigenvalue weighted by Crippen LogP contribution is -2.29. The largest absolute Gasteiger partial charge is 0.271 e. The Labute approximate surface area is 131 Å². The molecule has 0 amide bonds. The summed E-state index contributed by atoms with van der Waals surface area (Å²) in [7, 11) is 0. The molecule has 0 fully saturated rings. The smallest absolute Gasteiger partial charge is 0.126 e. The molecule has 1 atom stereocenters. The van der Waals surface area contributed by atoms with Crippen LogP contribution in [0.1, 0.15) is 22.7 Å². The summed E-state index contributed by atoms with van der Waals surface area (Å²) in [5.41, 5.74) is 5.29. The van der Waals surface area contributed by atoms with E-state index in [1.54, 1.807) is 19.1 Å². The fourth-order valence-electron chi connectivity index (χ4n) is 2.06. The summed E-state index contributed by atoms with van der Waals surface area (Å²) >= 11 is 9.59. The van der Waals surface area contributed by atoms with Gasteiger partial charge in [0, 0.05) is 9.50 Å². The molecule has 2 rings (SSSR count). The zero-order valence-corrected chi connectivity index (χ0v) is 13.3. The van der Waals surface area contributed by atoms with Crippen LogP contribution in [0.3, 0.4) is 0 Å². The van der Waals surface area contributed by atoms with E-state index in [1.807, 2.05) is 18.2 Å². The maximum absolute atomic E-state index is 13.3. The number of hydrazine groups is 1. The molecule has 0 aliphatic heterocycles. The highest BCUT2D eigenvalue weighted by Crippen LogP contribution is 2.26. The SMILES string of the molecule is Cc1cc(C(Cc2ccc(Br)cc2Cl)NN)ccc1F. The van der Waals surface area contributed by atoms with Crippen molar-refractivity contribution in [1.82, 2.24) is 5.43 Å². The van der Waals surface area contributed by atoms with Crippen LogP contribution in [0.5, 0.6) is 0 Å². The molecule has 2 aromatic rings. The van der Waals surface area contributed by atoms with E-state index in [0.29, 0.717) is 17.0 Å². The highest BCUT2D eigenvalue weighted by molar-refractivity contribution is 9.10. The van der Waals surface area contributed by atoms with E-state index in [1.165, 1.54) is 6.07 Å². The van der Waals surface area contributed by atoms with E-state index in [2.05, 4.69) is 21.4 Å². The average Bonchev–Trinajstić information content (AvgIpc) is 2.41. The van der Waals surface area contributed by atoms with E-state index in [4.69, 9.17) is 17.4 Å². The Morgan fingerprint density at radius 2 is 2.05 bits per heavy atom. The van der Waals surface area contributed by atoms with Crippen molar-refractivity contribution in [3.05, 3.63) is 68.4 Å². The van der Waals surface area contributed by atoms with Crippen LogP contribution in [0.2, 0.25) is 5.02 Å². The van der Waals surface area contributed by atoms with Gasteiger partial charge in [0.25, 0.3) is 0 Å². The molecule has 0 saturated carbocycles. The van der Waals surface area contributed by atoms with Gasteiger partial charge in [-0.15, -0.1) is 0 Å².